The van der Waals surface area contributed by atoms with Gasteiger partial charge in [-0.1, -0.05) is 24.4 Å². The van der Waals surface area contributed by atoms with E-state index in [9.17, 15) is 0 Å². The Labute approximate surface area is 81.3 Å². The monoisotopic (exact) mass is 210 g/mol. The molecule has 0 aliphatic carbocycles. The average Bonchev–Trinajstić information content (AvgIpc) is 1.79. The van der Waals surface area contributed by atoms with Crippen molar-refractivity contribution in [3.8, 4) is 0 Å². The van der Waals surface area contributed by atoms with Crippen LogP contribution in [0.1, 0.15) is 0 Å². The van der Waals surface area contributed by atoms with Crippen molar-refractivity contribution in [1.29, 1.82) is 0 Å². The Morgan fingerprint density at radius 1 is 1.00 bits per heavy atom. The van der Waals surface area contributed by atoms with Gasteiger partial charge in [-0.05, 0) is 0 Å². The van der Waals surface area contributed by atoms with Crippen LogP contribution in [0.3, 0.4) is 0 Å². The van der Waals surface area contributed by atoms with Crippen LogP contribution in [-0.4, -0.2) is 21.5 Å². The molecule has 0 rings (SSSR count). The molecule has 0 saturated heterocycles. The van der Waals surface area contributed by atoms with Crippen LogP contribution < -0.4 is 0 Å². The SMILES string of the molecule is S=C(S)CN=NCC(=S)S. The topological polar surface area (TPSA) is 24.7 Å². The summed E-state index contributed by atoms with van der Waals surface area (Å²) in [5, 5.41) is 7.36. The molecule has 0 radical (unpaired) electrons. The molecule has 0 unspecified atom stereocenters. The van der Waals surface area contributed by atoms with Crippen molar-refractivity contribution in [2.45, 2.75) is 0 Å². The highest BCUT2D eigenvalue weighted by atomic mass is 32.1. The van der Waals surface area contributed by atoms with Crippen LogP contribution in [0, 0.1) is 0 Å². The minimum absolute atomic E-state index is 0.370. The molecule has 0 aromatic carbocycles. The van der Waals surface area contributed by atoms with Gasteiger partial charge in [-0.15, -0.1) is 25.3 Å². The van der Waals surface area contributed by atoms with Crippen LogP contribution in [0.2, 0.25) is 0 Å². The third kappa shape index (κ3) is 8.48. The summed E-state index contributed by atoms with van der Waals surface area (Å²) in [6, 6.07) is 0. The second-order valence-corrected chi connectivity index (χ2v) is 4.06. The van der Waals surface area contributed by atoms with Crippen molar-refractivity contribution in [3.63, 3.8) is 0 Å². The smallest absolute Gasteiger partial charge is 0.101 e. The lowest BCUT2D eigenvalue weighted by atomic mass is 10.8. The second kappa shape index (κ2) is 6.21. The third-order valence-corrected chi connectivity index (χ3v) is 1.05. The van der Waals surface area contributed by atoms with E-state index in [-0.39, 0.29) is 0 Å². The predicted molar refractivity (Wildman–Crippen MR) is 57.8 cm³/mol. The Balaban J connectivity index is 3.38. The molecule has 0 saturated carbocycles. The van der Waals surface area contributed by atoms with E-state index in [1.54, 1.807) is 0 Å². The number of azo groups is 1. The average molecular weight is 210 g/mol. The van der Waals surface area contributed by atoms with E-state index in [0.717, 1.165) is 0 Å². The molecule has 0 aliphatic rings. The molecule has 56 valence electrons. The van der Waals surface area contributed by atoms with E-state index in [0.29, 0.717) is 21.5 Å². The summed E-state index contributed by atoms with van der Waals surface area (Å²) in [5.74, 6) is 0. The van der Waals surface area contributed by atoms with E-state index in [1.807, 2.05) is 0 Å². The molecule has 0 N–H and O–H groups in total. The van der Waals surface area contributed by atoms with E-state index in [1.165, 1.54) is 0 Å². The van der Waals surface area contributed by atoms with Crippen molar-refractivity contribution in [1.82, 2.24) is 0 Å². The molecule has 0 heterocycles. The van der Waals surface area contributed by atoms with E-state index >= 15 is 0 Å². The molecule has 0 fully saturated rings. The van der Waals surface area contributed by atoms with Gasteiger partial charge in [-0.2, -0.15) is 10.2 Å². The highest BCUT2D eigenvalue weighted by Crippen LogP contribution is 1.88. The van der Waals surface area contributed by atoms with Gasteiger partial charge in [-0.25, -0.2) is 0 Å². The van der Waals surface area contributed by atoms with Crippen molar-refractivity contribution in [3.05, 3.63) is 0 Å². The summed E-state index contributed by atoms with van der Waals surface area (Å²) in [6.07, 6.45) is 0. The maximum Gasteiger partial charge on any atom is 0.101 e. The minimum atomic E-state index is 0.370. The molecule has 0 aliphatic heterocycles. The van der Waals surface area contributed by atoms with E-state index < -0.39 is 0 Å². The Morgan fingerprint density at radius 3 is 1.50 bits per heavy atom. The standard InChI is InChI=1S/C4H6N2S4/c7-3(8)1-5-6-2-4(9)10/h1-2H2,(H,7,8)(H,9,10). The van der Waals surface area contributed by atoms with Gasteiger partial charge in [0.2, 0.25) is 0 Å². The zero-order chi connectivity index (χ0) is 7.98. The van der Waals surface area contributed by atoms with Gasteiger partial charge >= 0.3 is 0 Å². The first kappa shape index (κ1) is 10.5. The fourth-order valence-corrected chi connectivity index (χ4v) is 0.463. The molecule has 0 aromatic heterocycles. The van der Waals surface area contributed by atoms with Crippen LogP contribution >= 0.6 is 49.7 Å². The number of hydrogen-bond donors (Lipinski definition) is 2. The van der Waals surface area contributed by atoms with Gasteiger partial charge in [0.25, 0.3) is 0 Å². The van der Waals surface area contributed by atoms with Crippen LogP contribution in [0.15, 0.2) is 10.2 Å². The molecular weight excluding hydrogens is 204 g/mol. The van der Waals surface area contributed by atoms with Crippen molar-refractivity contribution < 1.29 is 0 Å². The summed E-state index contributed by atoms with van der Waals surface area (Å²) in [7, 11) is 0. The number of rotatable bonds is 4. The Hall–Kier alpha value is 0.480. The molecule has 0 atom stereocenters. The van der Waals surface area contributed by atoms with Crippen molar-refractivity contribution in [2.75, 3.05) is 13.1 Å². The minimum Gasteiger partial charge on any atom is -0.188 e. The van der Waals surface area contributed by atoms with Crippen molar-refractivity contribution in [2.24, 2.45) is 10.2 Å². The number of nitrogens with zero attached hydrogens (tertiary/aromatic N) is 2. The van der Waals surface area contributed by atoms with Crippen molar-refractivity contribution >= 4 is 58.1 Å². The van der Waals surface area contributed by atoms with Crippen LogP contribution in [0.4, 0.5) is 0 Å². The van der Waals surface area contributed by atoms with Gasteiger partial charge in [0, 0.05) is 0 Å². The first-order chi connectivity index (χ1) is 4.63. The maximum atomic E-state index is 4.63. The molecule has 0 aromatic rings. The first-order valence-electron chi connectivity index (χ1n) is 2.40. The summed E-state index contributed by atoms with van der Waals surface area (Å²) in [5.41, 5.74) is 0. The molecule has 0 bridgehead atoms. The van der Waals surface area contributed by atoms with Gasteiger partial charge in [0.15, 0.2) is 0 Å². The Bertz CT molecular complexity index is 147. The summed E-state index contributed by atoms with van der Waals surface area (Å²) >= 11 is 17.0. The fourth-order valence-electron chi connectivity index (χ4n) is 0.221. The summed E-state index contributed by atoms with van der Waals surface area (Å²) < 4.78 is 1.04. The molecule has 0 spiro atoms. The molecular formula is C4H6N2S4. The number of hydrogen-bond acceptors (Lipinski definition) is 4. The van der Waals surface area contributed by atoms with E-state index in [2.05, 4.69) is 59.9 Å². The van der Waals surface area contributed by atoms with Crippen LogP contribution in [0.5, 0.6) is 0 Å². The zero-order valence-electron chi connectivity index (χ0n) is 5.02. The van der Waals surface area contributed by atoms with Gasteiger partial charge in [0.1, 0.15) is 13.1 Å². The van der Waals surface area contributed by atoms with Crippen LogP contribution in [0.25, 0.3) is 0 Å². The lowest BCUT2D eigenvalue weighted by molar-refractivity contribution is 1.03. The fraction of sp³-hybridized carbons (Fsp3) is 0.500. The number of thiocarbonyl (C=S) groups is 2. The van der Waals surface area contributed by atoms with Gasteiger partial charge < -0.3 is 0 Å². The Morgan fingerprint density at radius 2 is 1.30 bits per heavy atom. The lowest BCUT2D eigenvalue weighted by Gasteiger charge is -1.86. The third-order valence-electron chi connectivity index (χ3n) is 0.512. The van der Waals surface area contributed by atoms with Crippen LogP contribution in [-0.2, 0) is 0 Å². The largest absolute Gasteiger partial charge is 0.188 e. The predicted octanol–water partition coefficient (Wildman–Crippen LogP) is 1.95. The Kier molecular flexibility index (Phi) is 6.50. The summed E-state index contributed by atoms with van der Waals surface area (Å²) in [4.78, 5) is 0. The second-order valence-electron chi connectivity index (χ2n) is 1.39. The van der Waals surface area contributed by atoms with Gasteiger partial charge in [-0.3, -0.25) is 0 Å². The summed E-state index contributed by atoms with van der Waals surface area (Å²) in [6.45, 7) is 0.740. The highest BCUT2D eigenvalue weighted by molar-refractivity contribution is 8.11. The molecule has 2 nitrogen and oxygen atoms in total. The normalized spacial score (nSPS) is 10.2. The first-order valence-corrected chi connectivity index (χ1v) is 4.11. The van der Waals surface area contributed by atoms with E-state index in [4.69, 9.17) is 0 Å². The lowest BCUT2D eigenvalue weighted by Crippen LogP contribution is -1.90. The quantitative estimate of drug-likeness (QED) is 0.421. The number of thiol groups is 2. The van der Waals surface area contributed by atoms with Gasteiger partial charge in [0.05, 0.1) is 8.39 Å². The zero-order valence-corrected chi connectivity index (χ0v) is 8.44. The maximum absolute atomic E-state index is 4.63. The molecule has 0 amide bonds. The highest BCUT2D eigenvalue weighted by Gasteiger charge is 1.85. The molecule has 6 heteroatoms. The molecule has 10 heavy (non-hydrogen) atoms.